The van der Waals surface area contributed by atoms with Crippen molar-refractivity contribution in [2.75, 3.05) is 0 Å². The number of rotatable bonds is 4. The fourth-order valence-corrected chi connectivity index (χ4v) is 2.38. The van der Waals surface area contributed by atoms with Crippen molar-refractivity contribution in [3.8, 4) is 11.4 Å². The number of benzene rings is 2. The van der Waals surface area contributed by atoms with Crippen LogP contribution < -0.4 is 5.11 Å². The summed E-state index contributed by atoms with van der Waals surface area (Å²) in [5.74, 6) is -0.714. The molecule has 6 nitrogen and oxygen atoms in total. The summed E-state index contributed by atoms with van der Waals surface area (Å²) in [5.41, 5.74) is 2.47. The van der Waals surface area contributed by atoms with Gasteiger partial charge in [0.1, 0.15) is 0 Å². The van der Waals surface area contributed by atoms with E-state index in [-0.39, 0.29) is 5.56 Å². The number of carboxylic acid groups (broad SMARTS) is 1. The molecule has 24 heavy (non-hydrogen) atoms. The summed E-state index contributed by atoms with van der Waals surface area (Å²) in [4.78, 5) is 11.2. The number of hydrogen-bond acceptors (Lipinski definition) is 5. The molecular formula is C17H13N4O2S-. The molecule has 0 aliphatic rings. The highest BCUT2D eigenvalue weighted by molar-refractivity contribution is 7.71. The van der Waals surface area contributed by atoms with E-state index in [4.69, 9.17) is 12.2 Å². The minimum absolute atomic E-state index is 0.0631. The minimum Gasteiger partial charge on any atom is -0.545 e. The van der Waals surface area contributed by atoms with Crippen LogP contribution in [0.4, 0.5) is 0 Å². The lowest BCUT2D eigenvalue weighted by Crippen LogP contribution is -2.23. The van der Waals surface area contributed by atoms with Gasteiger partial charge in [0.15, 0.2) is 5.82 Å². The molecule has 0 saturated heterocycles. The molecule has 0 spiro atoms. The zero-order valence-electron chi connectivity index (χ0n) is 12.8. The largest absolute Gasteiger partial charge is 0.545 e. The summed E-state index contributed by atoms with van der Waals surface area (Å²) < 4.78 is 1.76. The highest BCUT2D eigenvalue weighted by Gasteiger charge is 2.08. The van der Waals surface area contributed by atoms with Gasteiger partial charge in [-0.05, 0) is 19.1 Å². The van der Waals surface area contributed by atoms with Crippen LogP contribution in [-0.2, 0) is 0 Å². The number of carbonyl (C=O) groups is 1. The molecule has 0 bridgehead atoms. The third-order valence-electron chi connectivity index (χ3n) is 3.45. The van der Waals surface area contributed by atoms with E-state index in [2.05, 4.69) is 15.3 Å². The number of carboxylic acids is 1. The van der Waals surface area contributed by atoms with Gasteiger partial charge in [-0.3, -0.25) is 0 Å². The third kappa shape index (κ3) is 3.16. The quantitative estimate of drug-likeness (QED) is 0.584. The van der Waals surface area contributed by atoms with E-state index in [0.29, 0.717) is 16.2 Å². The molecule has 0 radical (unpaired) electrons. The van der Waals surface area contributed by atoms with Crippen molar-refractivity contribution >= 4 is 24.4 Å². The molecule has 0 unspecified atom stereocenters. The van der Waals surface area contributed by atoms with Gasteiger partial charge in [-0.25, -0.2) is 5.10 Å². The molecule has 3 aromatic rings. The van der Waals surface area contributed by atoms with Gasteiger partial charge in [-0.1, -0.05) is 54.1 Å². The van der Waals surface area contributed by atoms with E-state index < -0.39 is 5.97 Å². The first-order valence-electron chi connectivity index (χ1n) is 7.15. The highest BCUT2D eigenvalue weighted by atomic mass is 32.1. The lowest BCUT2D eigenvalue weighted by Gasteiger charge is -2.06. The smallest absolute Gasteiger partial charge is 0.216 e. The van der Waals surface area contributed by atoms with Crippen LogP contribution in [0.5, 0.6) is 0 Å². The molecule has 0 saturated carbocycles. The van der Waals surface area contributed by atoms with E-state index in [0.717, 1.165) is 11.1 Å². The Hall–Kier alpha value is -3.06. The van der Waals surface area contributed by atoms with E-state index in [9.17, 15) is 9.90 Å². The van der Waals surface area contributed by atoms with Gasteiger partial charge in [0.05, 0.1) is 12.2 Å². The van der Waals surface area contributed by atoms with Crippen LogP contribution >= 0.6 is 12.2 Å². The Kier molecular flexibility index (Phi) is 4.35. The van der Waals surface area contributed by atoms with Crippen LogP contribution in [0.15, 0.2) is 53.6 Å². The molecule has 0 atom stereocenters. The van der Waals surface area contributed by atoms with Crippen molar-refractivity contribution in [2.24, 2.45) is 5.10 Å². The van der Waals surface area contributed by atoms with E-state index >= 15 is 0 Å². The third-order valence-corrected chi connectivity index (χ3v) is 3.72. The van der Waals surface area contributed by atoms with Crippen molar-refractivity contribution in [2.45, 2.75) is 6.92 Å². The Balaban J connectivity index is 2.03. The predicted octanol–water partition coefficient (Wildman–Crippen LogP) is 2.16. The number of aryl methyl sites for hydroxylation is 1. The molecule has 3 rings (SSSR count). The fraction of sp³-hybridized carbons (Fsp3) is 0.0588. The first-order valence-corrected chi connectivity index (χ1v) is 7.56. The minimum atomic E-state index is -1.26. The molecule has 1 aromatic heterocycles. The average Bonchev–Trinajstić information content (AvgIpc) is 2.94. The monoisotopic (exact) mass is 337 g/mol. The molecule has 0 fully saturated rings. The first kappa shape index (κ1) is 15.8. The van der Waals surface area contributed by atoms with Gasteiger partial charge in [0.2, 0.25) is 4.77 Å². The predicted molar refractivity (Wildman–Crippen MR) is 91.3 cm³/mol. The summed E-state index contributed by atoms with van der Waals surface area (Å²) in [6, 6.07) is 14.2. The molecule has 1 N–H and O–H groups in total. The van der Waals surface area contributed by atoms with Gasteiger partial charge in [0, 0.05) is 16.7 Å². The molecule has 0 aliphatic carbocycles. The van der Waals surface area contributed by atoms with Crippen molar-refractivity contribution in [1.82, 2.24) is 14.9 Å². The van der Waals surface area contributed by atoms with E-state index in [1.807, 2.05) is 31.2 Å². The summed E-state index contributed by atoms with van der Waals surface area (Å²) in [6.07, 6.45) is 1.42. The molecule has 2 aromatic carbocycles. The fourth-order valence-electron chi connectivity index (χ4n) is 2.20. The zero-order valence-corrected chi connectivity index (χ0v) is 13.6. The van der Waals surface area contributed by atoms with Crippen LogP contribution in [0.25, 0.3) is 11.4 Å². The van der Waals surface area contributed by atoms with Gasteiger partial charge in [0.25, 0.3) is 0 Å². The second kappa shape index (κ2) is 6.59. The van der Waals surface area contributed by atoms with Crippen LogP contribution in [-0.4, -0.2) is 27.1 Å². The molecule has 0 aliphatic heterocycles. The molecule has 120 valence electrons. The van der Waals surface area contributed by atoms with Crippen molar-refractivity contribution < 1.29 is 9.90 Å². The summed E-state index contributed by atoms with van der Waals surface area (Å²) >= 11 is 5.20. The lowest BCUT2D eigenvalue weighted by molar-refractivity contribution is -0.255. The van der Waals surface area contributed by atoms with Gasteiger partial charge in [-0.15, -0.1) is 0 Å². The van der Waals surface area contributed by atoms with Crippen molar-refractivity contribution in [1.29, 1.82) is 0 Å². The number of aromatic nitrogens is 3. The Labute approximate surface area is 143 Å². The Bertz CT molecular complexity index is 971. The molecule has 7 heteroatoms. The van der Waals surface area contributed by atoms with E-state index in [1.54, 1.807) is 18.2 Å². The van der Waals surface area contributed by atoms with Crippen LogP contribution in [0.2, 0.25) is 0 Å². The Morgan fingerprint density at radius 1 is 1.25 bits per heavy atom. The molecule has 1 heterocycles. The van der Waals surface area contributed by atoms with E-state index in [1.165, 1.54) is 17.0 Å². The second-order valence-corrected chi connectivity index (χ2v) is 5.54. The average molecular weight is 337 g/mol. The molecular weight excluding hydrogens is 324 g/mol. The number of carbonyl (C=O) groups excluding carboxylic acids is 1. The Morgan fingerprint density at radius 3 is 2.67 bits per heavy atom. The normalized spacial score (nSPS) is 11.0. The van der Waals surface area contributed by atoms with Crippen molar-refractivity contribution in [3.05, 3.63) is 70.0 Å². The highest BCUT2D eigenvalue weighted by Crippen LogP contribution is 2.18. The van der Waals surface area contributed by atoms with Gasteiger partial charge < -0.3 is 9.90 Å². The van der Waals surface area contributed by atoms with Gasteiger partial charge in [-0.2, -0.15) is 14.9 Å². The second-order valence-electron chi connectivity index (χ2n) is 5.15. The lowest BCUT2D eigenvalue weighted by atomic mass is 10.1. The van der Waals surface area contributed by atoms with Crippen LogP contribution in [0, 0.1) is 11.7 Å². The summed E-state index contributed by atoms with van der Waals surface area (Å²) in [7, 11) is 0. The standard InChI is InChI=1S/C17H14N4O2S/c1-11-6-8-12(9-7-11)15-19-20-17(24)21(15)18-10-13-4-2-3-5-14(13)16(22)23/h2-10H,1H3,(H,20,24)(H,22,23)/p-1/b18-10+. The number of nitrogens with one attached hydrogen (secondary N) is 1. The zero-order chi connectivity index (χ0) is 17.1. The van der Waals surface area contributed by atoms with Crippen molar-refractivity contribution in [3.63, 3.8) is 0 Å². The summed E-state index contributed by atoms with van der Waals surface area (Å²) in [6.45, 7) is 2.00. The number of hydrogen-bond donors (Lipinski definition) is 1. The maximum absolute atomic E-state index is 11.2. The van der Waals surface area contributed by atoms with Gasteiger partial charge >= 0.3 is 0 Å². The summed E-state index contributed by atoms with van der Waals surface area (Å²) in [5, 5.41) is 22.3. The number of nitrogens with zero attached hydrogens (tertiary/aromatic N) is 3. The molecule has 0 amide bonds. The number of aromatic carboxylic acids is 1. The maximum atomic E-state index is 11.2. The first-order chi connectivity index (χ1) is 11.6. The Morgan fingerprint density at radius 2 is 1.96 bits per heavy atom. The van der Waals surface area contributed by atoms with Crippen LogP contribution in [0.1, 0.15) is 21.5 Å². The number of H-pyrrole nitrogens is 1. The van der Waals surface area contributed by atoms with Crippen LogP contribution in [0.3, 0.4) is 0 Å². The SMILES string of the molecule is Cc1ccc(-c2n[nH]c(=S)n2/N=C/c2ccccc2C(=O)[O-])cc1. The topological polar surface area (TPSA) is 86.1 Å². The maximum Gasteiger partial charge on any atom is 0.216 e. The number of aromatic amines is 1.